The fourth-order valence-corrected chi connectivity index (χ4v) is 3.86. The minimum atomic E-state index is -0.743. The third-order valence-electron chi connectivity index (χ3n) is 5.25. The average Bonchev–Trinajstić information content (AvgIpc) is 3.11. The quantitative estimate of drug-likeness (QED) is 0.253. The first-order chi connectivity index (χ1) is 16.3. The van der Waals surface area contributed by atoms with Crippen LogP contribution in [0.5, 0.6) is 5.88 Å². The van der Waals surface area contributed by atoms with Gasteiger partial charge >= 0.3 is 35.5 Å². The van der Waals surface area contributed by atoms with Crippen molar-refractivity contribution in [3.05, 3.63) is 113 Å². The molecule has 0 saturated heterocycles. The average molecular weight is 475 g/mol. The van der Waals surface area contributed by atoms with Gasteiger partial charge in [-0.2, -0.15) is 5.10 Å². The first kappa shape index (κ1) is 26.5. The van der Waals surface area contributed by atoms with Gasteiger partial charge in [-0.05, 0) is 56.8 Å². The van der Waals surface area contributed by atoms with Crippen molar-refractivity contribution in [1.29, 1.82) is 0 Å². The predicted molar refractivity (Wildman–Crippen MR) is 132 cm³/mol. The molecule has 0 atom stereocenters. The van der Waals surface area contributed by atoms with Crippen LogP contribution in [0.3, 0.4) is 0 Å². The Balaban J connectivity index is 0.00000342. The number of carbonyl (C=O) groups excluding carboxylic acids is 1. The van der Waals surface area contributed by atoms with Crippen LogP contribution in [0.25, 0.3) is 16.8 Å². The molecule has 172 valence electrons. The van der Waals surface area contributed by atoms with Crippen molar-refractivity contribution in [3.63, 3.8) is 0 Å². The number of rotatable bonds is 5. The van der Waals surface area contributed by atoms with Crippen molar-refractivity contribution in [2.75, 3.05) is 0 Å². The van der Waals surface area contributed by atoms with E-state index in [0.717, 1.165) is 11.1 Å². The second-order valence-corrected chi connectivity index (χ2v) is 9.00. The first-order valence-corrected chi connectivity index (χ1v) is 11.2. The van der Waals surface area contributed by atoms with Gasteiger partial charge in [-0.15, -0.1) is 0 Å². The number of nitrogens with zero attached hydrogens (tertiary/aromatic N) is 2. The van der Waals surface area contributed by atoms with Crippen LogP contribution in [0, 0.1) is 6.92 Å². The molecule has 0 aliphatic carbocycles. The van der Waals surface area contributed by atoms with Gasteiger partial charge in [0.05, 0.1) is 17.0 Å². The van der Waals surface area contributed by atoms with E-state index in [9.17, 15) is 9.90 Å². The van der Waals surface area contributed by atoms with Crippen LogP contribution in [0.15, 0.2) is 91.0 Å². The van der Waals surface area contributed by atoms with Gasteiger partial charge in [0, 0.05) is 11.1 Å². The van der Waals surface area contributed by atoms with E-state index in [4.69, 9.17) is 4.74 Å². The van der Waals surface area contributed by atoms with E-state index < -0.39 is 11.6 Å². The van der Waals surface area contributed by atoms with Crippen molar-refractivity contribution in [2.45, 2.75) is 33.3 Å². The normalized spacial score (nSPS) is 10.9. The molecule has 3 aromatic carbocycles. The van der Waals surface area contributed by atoms with E-state index in [-0.39, 0.29) is 46.6 Å². The third kappa shape index (κ3) is 5.93. The van der Waals surface area contributed by atoms with E-state index in [2.05, 4.69) is 5.10 Å². The molecule has 5 nitrogen and oxygen atoms in total. The molecule has 0 amide bonds. The van der Waals surface area contributed by atoms with Crippen LogP contribution in [0.2, 0.25) is 0 Å². The summed E-state index contributed by atoms with van der Waals surface area (Å²) in [6.07, 6.45) is 0. The van der Waals surface area contributed by atoms with Crippen molar-refractivity contribution < 1.29 is 44.2 Å². The van der Waals surface area contributed by atoms with E-state index >= 15 is 0 Å². The smallest absolute Gasteiger partial charge is 0.858 e. The number of hydrogen-bond acceptors (Lipinski definition) is 4. The Morgan fingerprint density at radius 3 is 1.74 bits per heavy atom. The molecular weight excluding hydrogens is 447 g/mol. The summed E-state index contributed by atoms with van der Waals surface area (Å²) < 4.78 is 7.17. The molecule has 0 unspecified atom stereocenters. The van der Waals surface area contributed by atoms with Gasteiger partial charge in [0.15, 0.2) is 0 Å². The molecule has 0 spiro atoms. The molecule has 35 heavy (non-hydrogen) atoms. The van der Waals surface area contributed by atoms with Crippen molar-refractivity contribution in [1.82, 2.24) is 9.78 Å². The van der Waals surface area contributed by atoms with Gasteiger partial charge in [0.2, 0.25) is 0 Å². The molecule has 0 N–H and O–H groups in total. The van der Waals surface area contributed by atoms with Gasteiger partial charge in [0.25, 0.3) is 0 Å². The number of carbonyl (C=O) groups is 1. The van der Waals surface area contributed by atoms with Gasteiger partial charge < -0.3 is 9.84 Å². The molecule has 1 heterocycles. The molecule has 0 aliphatic heterocycles. The summed E-state index contributed by atoms with van der Waals surface area (Å²) in [4.78, 5) is 13.7. The zero-order chi connectivity index (χ0) is 24.3. The second-order valence-electron chi connectivity index (χ2n) is 9.00. The summed E-state index contributed by atoms with van der Waals surface area (Å²) in [5.41, 5.74) is 3.03. The number of para-hydroxylation sites is 1. The van der Waals surface area contributed by atoms with Crippen LogP contribution in [0.1, 0.15) is 43.2 Å². The third-order valence-corrected chi connectivity index (χ3v) is 5.25. The maximum Gasteiger partial charge on any atom is 1.00 e. The molecule has 0 bridgehead atoms. The van der Waals surface area contributed by atoms with Crippen LogP contribution in [-0.2, 0) is 9.53 Å². The van der Waals surface area contributed by atoms with Crippen LogP contribution < -0.4 is 34.7 Å². The molecule has 0 fully saturated rings. The Hall–Kier alpha value is -3.12. The fourth-order valence-electron chi connectivity index (χ4n) is 3.86. The second kappa shape index (κ2) is 11.1. The summed E-state index contributed by atoms with van der Waals surface area (Å²) in [7, 11) is 0. The Kier molecular flexibility index (Phi) is 8.39. The first-order valence-electron chi connectivity index (χ1n) is 11.2. The molecule has 4 aromatic rings. The van der Waals surface area contributed by atoms with Crippen LogP contribution >= 0.6 is 0 Å². The Labute approximate surface area is 228 Å². The zero-order valence-corrected chi connectivity index (χ0v) is 22.8. The van der Waals surface area contributed by atoms with Crippen LogP contribution in [-0.4, -0.2) is 21.4 Å². The summed E-state index contributed by atoms with van der Waals surface area (Å²) in [6, 6.07) is 28.3. The summed E-state index contributed by atoms with van der Waals surface area (Å²) in [5.74, 6) is -0.933. The molecule has 4 rings (SSSR count). The Bertz CT molecular complexity index is 1280. The fraction of sp³-hybridized carbons (Fsp3) is 0.172. The van der Waals surface area contributed by atoms with Crippen molar-refractivity contribution in [3.8, 4) is 11.6 Å². The number of aromatic nitrogens is 2. The SMILES string of the molecule is Cc1nn(-c2ccccc2)c([O-])c1C(C(=O)OC(C)(C)C)=C(c1ccccc1)c1ccccc1.[Na+]. The van der Waals surface area contributed by atoms with Crippen molar-refractivity contribution >= 4 is 17.1 Å². The molecule has 1 aromatic heterocycles. The summed E-state index contributed by atoms with van der Waals surface area (Å²) >= 11 is 0. The van der Waals surface area contributed by atoms with Gasteiger partial charge in [-0.1, -0.05) is 78.9 Å². The van der Waals surface area contributed by atoms with Crippen molar-refractivity contribution in [2.24, 2.45) is 0 Å². The van der Waals surface area contributed by atoms with E-state index in [1.54, 1.807) is 6.92 Å². The number of esters is 1. The standard InChI is InChI=1S/C29H28N2O3.Na/c1-20-24(27(32)31(30-20)23-18-12-7-13-19-23)26(28(33)34-29(2,3)4)25(21-14-8-5-9-15-21)22-16-10-6-11-17-22;/h5-19,32H,1-4H3;/q;+1/p-1. The van der Waals surface area contributed by atoms with Gasteiger partial charge in [-0.25, -0.2) is 9.48 Å². The van der Waals surface area contributed by atoms with Gasteiger partial charge in [0.1, 0.15) is 5.60 Å². The summed E-state index contributed by atoms with van der Waals surface area (Å²) in [6.45, 7) is 7.18. The Morgan fingerprint density at radius 1 is 0.829 bits per heavy atom. The molecule has 6 heteroatoms. The topological polar surface area (TPSA) is 67.2 Å². The zero-order valence-electron chi connectivity index (χ0n) is 20.8. The van der Waals surface area contributed by atoms with Gasteiger partial charge in [-0.3, -0.25) is 0 Å². The maximum absolute atomic E-state index is 13.7. The molecular formula is C29H27N2NaO3. The number of benzene rings is 3. The molecule has 0 radical (unpaired) electrons. The Morgan fingerprint density at radius 2 is 1.29 bits per heavy atom. The minimum absolute atomic E-state index is 0. The number of aryl methyl sites for hydroxylation is 1. The van der Waals surface area contributed by atoms with E-state index in [1.807, 2.05) is 112 Å². The monoisotopic (exact) mass is 474 g/mol. The molecule has 0 aliphatic rings. The van der Waals surface area contributed by atoms with E-state index in [0.29, 0.717) is 17.0 Å². The summed E-state index contributed by atoms with van der Waals surface area (Å²) in [5, 5.41) is 18.2. The molecule has 0 saturated carbocycles. The maximum atomic E-state index is 13.7. The largest absolute Gasteiger partial charge is 1.00 e. The van der Waals surface area contributed by atoms with E-state index in [1.165, 1.54) is 4.68 Å². The van der Waals surface area contributed by atoms with Crippen LogP contribution in [0.4, 0.5) is 0 Å². The minimum Gasteiger partial charge on any atom is -0.858 e. The predicted octanol–water partition coefficient (Wildman–Crippen LogP) is 2.56. The number of hydrogen-bond donors (Lipinski definition) is 0. The number of ether oxygens (including phenoxy) is 1.